The Bertz CT molecular complexity index is 283. The maximum absolute atomic E-state index is 5.60. The SMILES string of the molecule is COC1CN(c2nc(CCl)co2)C1. The van der Waals surface area contributed by atoms with Gasteiger partial charge in [0.1, 0.15) is 6.26 Å². The molecule has 0 amide bonds. The Morgan fingerprint density at radius 1 is 1.77 bits per heavy atom. The molecule has 0 N–H and O–H groups in total. The normalized spacial score (nSPS) is 17.5. The quantitative estimate of drug-likeness (QED) is 0.692. The number of ether oxygens (including phenoxy) is 1. The third-order valence-electron chi connectivity index (χ3n) is 2.13. The summed E-state index contributed by atoms with van der Waals surface area (Å²) < 4.78 is 10.4. The number of hydrogen-bond acceptors (Lipinski definition) is 4. The Morgan fingerprint density at radius 3 is 3.08 bits per heavy atom. The van der Waals surface area contributed by atoms with Gasteiger partial charge in [-0.15, -0.1) is 11.6 Å². The molecule has 4 nitrogen and oxygen atoms in total. The summed E-state index contributed by atoms with van der Waals surface area (Å²) in [7, 11) is 1.71. The van der Waals surface area contributed by atoms with Crippen LogP contribution in [0.15, 0.2) is 10.7 Å². The third-order valence-corrected chi connectivity index (χ3v) is 2.40. The van der Waals surface area contributed by atoms with Crippen molar-refractivity contribution >= 4 is 17.6 Å². The monoisotopic (exact) mass is 202 g/mol. The standard InChI is InChI=1S/C8H11ClN2O2/c1-12-7-3-11(4-7)8-10-6(2-9)5-13-8/h5,7H,2-4H2,1H3. The van der Waals surface area contributed by atoms with E-state index in [0.29, 0.717) is 18.0 Å². The van der Waals surface area contributed by atoms with Crippen LogP contribution >= 0.6 is 11.6 Å². The van der Waals surface area contributed by atoms with Gasteiger partial charge < -0.3 is 14.1 Å². The van der Waals surface area contributed by atoms with E-state index < -0.39 is 0 Å². The third kappa shape index (κ3) is 1.64. The highest BCUT2D eigenvalue weighted by molar-refractivity contribution is 6.16. The number of anilines is 1. The van der Waals surface area contributed by atoms with Crippen LogP contribution in [0.1, 0.15) is 5.69 Å². The number of alkyl halides is 1. The molecular weight excluding hydrogens is 192 g/mol. The Balaban J connectivity index is 1.95. The molecule has 0 aliphatic carbocycles. The first-order valence-corrected chi connectivity index (χ1v) is 4.65. The molecule has 5 heteroatoms. The minimum atomic E-state index is 0.311. The summed E-state index contributed by atoms with van der Waals surface area (Å²) in [5.74, 6) is 0.394. The molecule has 1 aromatic heterocycles. The molecule has 72 valence electrons. The summed E-state index contributed by atoms with van der Waals surface area (Å²) in [6.07, 6.45) is 1.90. The fraction of sp³-hybridized carbons (Fsp3) is 0.625. The molecule has 0 bridgehead atoms. The smallest absolute Gasteiger partial charge is 0.297 e. The second-order valence-electron chi connectivity index (χ2n) is 3.02. The molecule has 0 spiro atoms. The number of methoxy groups -OCH3 is 1. The molecular formula is C8H11ClN2O2. The zero-order chi connectivity index (χ0) is 9.26. The van der Waals surface area contributed by atoms with Gasteiger partial charge in [-0.25, -0.2) is 0 Å². The topological polar surface area (TPSA) is 38.5 Å². The van der Waals surface area contributed by atoms with E-state index in [9.17, 15) is 0 Å². The minimum absolute atomic E-state index is 0.311. The highest BCUT2D eigenvalue weighted by Gasteiger charge is 2.29. The Labute approximate surface area is 81.4 Å². The van der Waals surface area contributed by atoms with E-state index in [4.69, 9.17) is 20.8 Å². The van der Waals surface area contributed by atoms with Crippen LogP contribution < -0.4 is 4.90 Å². The minimum Gasteiger partial charge on any atom is -0.432 e. The van der Waals surface area contributed by atoms with Gasteiger partial charge in [0, 0.05) is 7.11 Å². The van der Waals surface area contributed by atoms with Gasteiger partial charge in [-0.05, 0) is 0 Å². The molecule has 2 rings (SSSR count). The molecule has 1 saturated heterocycles. The lowest BCUT2D eigenvalue weighted by atomic mass is 10.2. The van der Waals surface area contributed by atoms with Crippen LogP contribution in [0, 0.1) is 0 Å². The van der Waals surface area contributed by atoms with Crippen LogP contribution in [0.5, 0.6) is 0 Å². The van der Waals surface area contributed by atoms with Crippen LogP contribution in [0.25, 0.3) is 0 Å². The second kappa shape index (κ2) is 3.55. The Kier molecular flexibility index (Phi) is 2.42. The fourth-order valence-electron chi connectivity index (χ4n) is 1.25. The lowest BCUT2D eigenvalue weighted by Gasteiger charge is -2.36. The molecule has 0 aromatic carbocycles. The predicted molar refractivity (Wildman–Crippen MR) is 49.1 cm³/mol. The van der Waals surface area contributed by atoms with Crippen LogP contribution in [0.2, 0.25) is 0 Å². The van der Waals surface area contributed by atoms with E-state index in [1.165, 1.54) is 0 Å². The van der Waals surface area contributed by atoms with Crippen molar-refractivity contribution in [1.29, 1.82) is 0 Å². The lowest BCUT2D eigenvalue weighted by Crippen LogP contribution is -2.52. The highest BCUT2D eigenvalue weighted by Crippen LogP contribution is 2.21. The number of hydrogen-bond donors (Lipinski definition) is 0. The van der Waals surface area contributed by atoms with E-state index in [1.54, 1.807) is 13.4 Å². The first-order valence-electron chi connectivity index (χ1n) is 4.11. The van der Waals surface area contributed by atoms with Crippen molar-refractivity contribution < 1.29 is 9.15 Å². The van der Waals surface area contributed by atoms with Gasteiger partial charge in [-0.3, -0.25) is 0 Å². The Hall–Kier alpha value is -0.740. The number of halogens is 1. The van der Waals surface area contributed by atoms with Gasteiger partial charge in [-0.1, -0.05) is 0 Å². The van der Waals surface area contributed by atoms with Gasteiger partial charge >= 0.3 is 0 Å². The van der Waals surface area contributed by atoms with Gasteiger partial charge in [0.15, 0.2) is 0 Å². The first-order chi connectivity index (χ1) is 6.33. The first kappa shape index (κ1) is 8.84. The zero-order valence-corrected chi connectivity index (χ0v) is 8.12. The summed E-state index contributed by atoms with van der Waals surface area (Å²) >= 11 is 5.60. The second-order valence-corrected chi connectivity index (χ2v) is 3.29. The van der Waals surface area contributed by atoms with Gasteiger partial charge in [0.05, 0.1) is 30.8 Å². The zero-order valence-electron chi connectivity index (χ0n) is 7.36. The Morgan fingerprint density at radius 2 is 2.54 bits per heavy atom. The lowest BCUT2D eigenvalue weighted by molar-refractivity contribution is 0.0757. The van der Waals surface area contributed by atoms with Crippen LogP contribution in [-0.4, -0.2) is 31.3 Å². The maximum Gasteiger partial charge on any atom is 0.297 e. The molecule has 0 saturated carbocycles. The van der Waals surface area contributed by atoms with Crippen molar-refractivity contribution in [2.24, 2.45) is 0 Å². The molecule has 1 aliphatic rings. The van der Waals surface area contributed by atoms with E-state index >= 15 is 0 Å². The number of oxazole rings is 1. The van der Waals surface area contributed by atoms with E-state index in [-0.39, 0.29) is 0 Å². The van der Waals surface area contributed by atoms with Crippen molar-refractivity contribution in [2.75, 3.05) is 25.1 Å². The summed E-state index contributed by atoms with van der Waals surface area (Å²) in [4.78, 5) is 6.21. The molecule has 1 aromatic rings. The largest absolute Gasteiger partial charge is 0.432 e. The van der Waals surface area contributed by atoms with Crippen molar-refractivity contribution in [1.82, 2.24) is 4.98 Å². The predicted octanol–water partition coefficient (Wildman–Crippen LogP) is 1.25. The highest BCUT2D eigenvalue weighted by atomic mass is 35.5. The number of aromatic nitrogens is 1. The van der Waals surface area contributed by atoms with Crippen LogP contribution in [0.3, 0.4) is 0 Å². The molecule has 0 unspecified atom stereocenters. The molecule has 1 aliphatic heterocycles. The van der Waals surface area contributed by atoms with E-state index in [0.717, 1.165) is 18.8 Å². The van der Waals surface area contributed by atoms with Gasteiger partial charge in [0.2, 0.25) is 0 Å². The van der Waals surface area contributed by atoms with Crippen molar-refractivity contribution in [3.63, 3.8) is 0 Å². The van der Waals surface area contributed by atoms with E-state index in [2.05, 4.69) is 4.98 Å². The fourth-order valence-corrected chi connectivity index (χ4v) is 1.37. The number of nitrogens with zero attached hydrogens (tertiary/aromatic N) is 2. The van der Waals surface area contributed by atoms with Crippen molar-refractivity contribution in [3.8, 4) is 0 Å². The average molecular weight is 203 g/mol. The van der Waals surface area contributed by atoms with Crippen LogP contribution in [-0.2, 0) is 10.6 Å². The summed E-state index contributed by atoms with van der Waals surface area (Å²) in [6, 6.07) is 0.643. The molecule has 0 atom stereocenters. The van der Waals surface area contributed by atoms with Crippen molar-refractivity contribution in [3.05, 3.63) is 12.0 Å². The molecule has 1 fully saturated rings. The van der Waals surface area contributed by atoms with Crippen LogP contribution in [0.4, 0.5) is 6.01 Å². The maximum atomic E-state index is 5.60. The van der Waals surface area contributed by atoms with Gasteiger partial charge in [-0.2, -0.15) is 4.98 Å². The number of rotatable bonds is 3. The average Bonchev–Trinajstić information content (AvgIpc) is 2.51. The summed E-state index contributed by atoms with van der Waals surface area (Å²) in [5, 5.41) is 0. The molecule has 0 radical (unpaired) electrons. The van der Waals surface area contributed by atoms with E-state index in [1.807, 2.05) is 4.90 Å². The van der Waals surface area contributed by atoms with Crippen molar-refractivity contribution in [2.45, 2.75) is 12.0 Å². The van der Waals surface area contributed by atoms with Gasteiger partial charge in [0.25, 0.3) is 6.01 Å². The molecule has 13 heavy (non-hydrogen) atoms. The molecule has 2 heterocycles. The summed E-state index contributed by atoms with van der Waals surface area (Å²) in [5.41, 5.74) is 0.775. The summed E-state index contributed by atoms with van der Waals surface area (Å²) in [6.45, 7) is 1.69.